The molecule has 1 aromatic rings. The van der Waals surface area contributed by atoms with Crippen molar-refractivity contribution >= 4 is 5.69 Å². The Bertz CT molecular complexity index is 323. The van der Waals surface area contributed by atoms with Gasteiger partial charge in [0.15, 0.2) is 0 Å². The highest BCUT2D eigenvalue weighted by Gasteiger charge is 2.18. The van der Waals surface area contributed by atoms with Gasteiger partial charge in [-0.25, -0.2) is 0 Å². The molecule has 0 unspecified atom stereocenters. The van der Waals surface area contributed by atoms with Crippen LogP contribution in [0.15, 0.2) is 0 Å². The van der Waals surface area contributed by atoms with Crippen LogP contribution in [-0.2, 0) is 7.05 Å². The molecular weight excluding hydrogens is 176 g/mol. The van der Waals surface area contributed by atoms with E-state index < -0.39 is 0 Å². The van der Waals surface area contributed by atoms with Crippen LogP contribution in [0.1, 0.15) is 11.4 Å². The van der Waals surface area contributed by atoms with E-state index >= 15 is 0 Å². The van der Waals surface area contributed by atoms with E-state index in [0.29, 0.717) is 0 Å². The molecule has 1 aromatic heterocycles. The first-order valence-corrected chi connectivity index (χ1v) is 5.16. The lowest BCUT2D eigenvalue weighted by Gasteiger charge is -2.29. The zero-order valence-corrected chi connectivity index (χ0v) is 9.17. The molecule has 0 saturated carbocycles. The van der Waals surface area contributed by atoms with Crippen molar-refractivity contribution in [2.75, 3.05) is 31.1 Å². The van der Waals surface area contributed by atoms with Gasteiger partial charge in [-0.05, 0) is 13.8 Å². The summed E-state index contributed by atoms with van der Waals surface area (Å²) in [7, 11) is 2.01. The zero-order chi connectivity index (χ0) is 10.1. The van der Waals surface area contributed by atoms with E-state index in [0.717, 1.165) is 31.9 Å². The van der Waals surface area contributed by atoms with Crippen LogP contribution in [0.5, 0.6) is 0 Å². The van der Waals surface area contributed by atoms with E-state index in [9.17, 15) is 0 Å². The first kappa shape index (κ1) is 9.52. The van der Waals surface area contributed by atoms with Crippen molar-refractivity contribution in [3.8, 4) is 0 Å². The van der Waals surface area contributed by atoms with E-state index in [1.165, 1.54) is 11.4 Å². The molecule has 1 fully saturated rings. The first-order valence-electron chi connectivity index (χ1n) is 5.16. The molecule has 14 heavy (non-hydrogen) atoms. The second kappa shape index (κ2) is 3.61. The molecule has 1 aliphatic rings. The van der Waals surface area contributed by atoms with Gasteiger partial charge in [-0.15, -0.1) is 0 Å². The third kappa shape index (κ3) is 1.50. The van der Waals surface area contributed by atoms with Crippen molar-refractivity contribution < 1.29 is 0 Å². The molecule has 2 heterocycles. The van der Waals surface area contributed by atoms with Gasteiger partial charge in [-0.2, -0.15) is 5.10 Å². The third-order valence-electron chi connectivity index (χ3n) is 2.90. The molecule has 0 aliphatic carbocycles. The SMILES string of the molecule is Cc1nn(C)c(C)c1N1CCNCC1. The molecule has 1 aliphatic heterocycles. The summed E-state index contributed by atoms with van der Waals surface area (Å²) in [6.45, 7) is 8.56. The second-order valence-electron chi connectivity index (χ2n) is 3.88. The van der Waals surface area contributed by atoms with E-state index in [4.69, 9.17) is 0 Å². The second-order valence-corrected chi connectivity index (χ2v) is 3.88. The van der Waals surface area contributed by atoms with Gasteiger partial charge in [0.05, 0.1) is 17.1 Å². The molecule has 0 aromatic carbocycles. The van der Waals surface area contributed by atoms with Gasteiger partial charge in [0.25, 0.3) is 0 Å². The quantitative estimate of drug-likeness (QED) is 0.704. The Balaban J connectivity index is 2.29. The van der Waals surface area contributed by atoms with Crippen LogP contribution in [0.4, 0.5) is 5.69 Å². The van der Waals surface area contributed by atoms with Gasteiger partial charge in [-0.3, -0.25) is 4.68 Å². The first-order chi connectivity index (χ1) is 6.70. The van der Waals surface area contributed by atoms with E-state index in [1.807, 2.05) is 11.7 Å². The normalized spacial score (nSPS) is 17.5. The van der Waals surface area contributed by atoms with Crippen LogP contribution >= 0.6 is 0 Å². The van der Waals surface area contributed by atoms with Crippen LogP contribution in [0.25, 0.3) is 0 Å². The standard InChI is InChI=1S/C10H18N4/c1-8-10(9(2)13(3)12-8)14-6-4-11-5-7-14/h11H,4-7H2,1-3H3. The zero-order valence-electron chi connectivity index (χ0n) is 9.17. The highest BCUT2D eigenvalue weighted by atomic mass is 15.3. The van der Waals surface area contributed by atoms with Gasteiger partial charge in [0, 0.05) is 33.2 Å². The van der Waals surface area contributed by atoms with Crippen LogP contribution in [-0.4, -0.2) is 36.0 Å². The molecule has 0 atom stereocenters. The number of anilines is 1. The highest BCUT2D eigenvalue weighted by molar-refractivity contribution is 5.55. The van der Waals surface area contributed by atoms with Crippen LogP contribution in [0.3, 0.4) is 0 Å². The summed E-state index contributed by atoms with van der Waals surface area (Å²) in [4.78, 5) is 2.42. The monoisotopic (exact) mass is 194 g/mol. The van der Waals surface area contributed by atoms with Gasteiger partial charge in [0.1, 0.15) is 0 Å². The van der Waals surface area contributed by atoms with E-state index in [2.05, 4.69) is 29.2 Å². The number of aryl methyl sites for hydroxylation is 2. The number of hydrogen-bond acceptors (Lipinski definition) is 3. The number of nitrogens with zero attached hydrogens (tertiary/aromatic N) is 3. The molecular formula is C10H18N4. The third-order valence-corrected chi connectivity index (χ3v) is 2.90. The van der Waals surface area contributed by atoms with Crippen molar-refractivity contribution in [3.63, 3.8) is 0 Å². The van der Waals surface area contributed by atoms with E-state index in [-0.39, 0.29) is 0 Å². The predicted molar refractivity (Wildman–Crippen MR) is 57.8 cm³/mol. The maximum atomic E-state index is 4.44. The molecule has 1 saturated heterocycles. The summed E-state index contributed by atoms with van der Waals surface area (Å²) >= 11 is 0. The molecule has 0 radical (unpaired) electrons. The fourth-order valence-corrected chi connectivity index (χ4v) is 2.11. The van der Waals surface area contributed by atoms with Crippen molar-refractivity contribution in [2.24, 2.45) is 7.05 Å². The molecule has 0 amide bonds. The Labute approximate surface area is 84.9 Å². The Hall–Kier alpha value is -1.03. The van der Waals surface area contributed by atoms with Crippen molar-refractivity contribution in [3.05, 3.63) is 11.4 Å². The summed E-state index contributed by atoms with van der Waals surface area (Å²) in [5.41, 5.74) is 3.74. The Kier molecular flexibility index (Phi) is 2.46. The topological polar surface area (TPSA) is 33.1 Å². The molecule has 1 N–H and O–H groups in total. The van der Waals surface area contributed by atoms with Gasteiger partial charge in [-0.1, -0.05) is 0 Å². The lowest BCUT2D eigenvalue weighted by Crippen LogP contribution is -2.43. The summed E-state index contributed by atoms with van der Waals surface area (Å²) in [6.07, 6.45) is 0. The molecule has 2 rings (SSSR count). The number of rotatable bonds is 1. The van der Waals surface area contributed by atoms with Gasteiger partial charge < -0.3 is 10.2 Å². The lowest BCUT2D eigenvalue weighted by atomic mass is 10.2. The lowest BCUT2D eigenvalue weighted by molar-refractivity contribution is 0.587. The fourth-order valence-electron chi connectivity index (χ4n) is 2.11. The maximum Gasteiger partial charge on any atom is 0.0829 e. The molecule has 0 bridgehead atoms. The van der Waals surface area contributed by atoms with Gasteiger partial charge >= 0.3 is 0 Å². The summed E-state index contributed by atoms with van der Waals surface area (Å²) in [5, 5.41) is 7.80. The largest absolute Gasteiger partial charge is 0.366 e. The van der Waals surface area contributed by atoms with E-state index in [1.54, 1.807) is 0 Å². The minimum atomic E-state index is 1.08. The minimum Gasteiger partial charge on any atom is -0.366 e. The van der Waals surface area contributed by atoms with Crippen molar-refractivity contribution in [1.82, 2.24) is 15.1 Å². The van der Waals surface area contributed by atoms with Gasteiger partial charge in [0.2, 0.25) is 0 Å². The van der Waals surface area contributed by atoms with Crippen LogP contribution in [0.2, 0.25) is 0 Å². The number of piperazine rings is 1. The molecule has 4 heteroatoms. The Morgan fingerprint density at radius 1 is 1.21 bits per heavy atom. The average Bonchev–Trinajstić information content (AvgIpc) is 2.43. The minimum absolute atomic E-state index is 1.08. The average molecular weight is 194 g/mol. The summed E-state index contributed by atoms with van der Waals surface area (Å²) in [6, 6.07) is 0. The number of aromatic nitrogens is 2. The van der Waals surface area contributed by atoms with Crippen LogP contribution < -0.4 is 10.2 Å². The predicted octanol–water partition coefficient (Wildman–Crippen LogP) is 0.447. The summed E-state index contributed by atoms with van der Waals surface area (Å²) < 4.78 is 1.96. The number of hydrogen-bond donors (Lipinski definition) is 1. The molecule has 0 spiro atoms. The van der Waals surface area contributed by atoms with Crippen LogP contribution in [0, 0.1) is 13.8 Å². The van der Waals surface area contributed by atoms with Crippen molar-refractivity contribution in [1.29, 1.82) is 0 Å². The summed E-state index contributed by atoms with van der Waals surface area (Å²) in [5.74, 6) is 0. The molecule has 78 valence electrons. The molecule has 4 nitrogen and oxygen atoms in total. The Morgan fingerprint density at radius 3 is 2.36 bits per heavy atom. The smallest absolute Gasteiger partial charge is 0.0829 e. The Morgan fingerprint density at radius 2 is 1.86 bits per heavy atom. The maximum absolute atomic E-state index is 4.44. The number of nitrogens with one attached hydrogen (secondary N) is 1. The highest BCUT2D eigenvalue weighted by Crippen LogP contribution is 2.23. The fraction of sp³-hybridized carbons (Fsp3) is 0.700. The van der Waals surface area contributed by atoms with Crippen molar-refractivity contribution in [2.45, 2.75) is 13.8 Å².